The lowest BCUT2D eigenvalue weighted by Crippen LogP contribution is -2.26. The molecule has 0 atom stereocenters. The number of nitrogens with zero attached hydrogens (tertiary/aromatic N) is 1. The number of carbonyl (C=O) groups excluding carboxylic acids is 1. The van der Waals surface area contributed by atoms with Crippen LogP contribution in [0.1, 0.15) is 5.56 Å². The van der Waals surface area contributed by atoms with Crippen LogP contribution in [0.3, 0.4) is 0 Å². The summed E-state index contributed by atoms with van der Waals surface area (Å²) in [5.41, 5.74) is 0.964. The van der Waals surface area contributed by atoms with Crippen molar-refractivity contribution in [3.05, 3.63) is 35.9 Å². The summed E-state index contributed by atoms with van der Waals surface area (Å²) < 4.78 is 0. The summed E-state index contributed by atoms with van der Waals surface area (Å²) in [6, 6.07) is 9.45. The maximum Gasteiger partial charge on any atom is 0.224 e. The van der Waals surface area contributed by atoms with Crippen molar-refractivity contribution < 1.29 is 10.0 Å². The van der Waals surface area contributed by atoms with Crippen molar-refractivity contribution >= 4 is 12.1 Å². The molecule has 1 rings (SSSR count). The summed E-state index contributed by atoms with van der Waals surface area (Å²) in [5.74, 6) is -0.0869. The molecule has 0 fully saturated rings. The van der Waals surface area contributed by atoms with E-state index in [1.165, 1.54) is 6.21 Å². The molecule has 0 radical (unpaired) electrons. The molecule has 0 aliphatic carbocycles. The standard InChI is InChI=1S/C10H12N2O2/c13-10(11-6-7-12-14)8-9-4-2-1-3-5-9/h1-5,7,14H,6,8H2,(H,11,13). The van der Waals surface area contributed by atoms with Gasteiger partial charge in [0, 0.05) is 0 Å². The smallest absolute Gasteiger partial charge is 0.224 e. The Morgan fingerprint density at radius 1 is 1.43 bits per heavy atom. The number of carbonyl (C=O) groups is 1. The van der Waals surface area contributed by atoms with Gasteiger partial charge in [0.25, 0.3) is 0 Å². The molecule has 0 aromatic heterocycles. The van der Waals surface area contributed by atoms with Gasteiger partial charge in [-0.2, -0.15) is 0 Å². The van der Waals surface area contributed by atoms with E-state index in [1.807, 2.05) is 30.3 Å². The van der Waals surface area contributed by atoms with Gasteiger partial charge in [-0.25, -0.2) is 0 Å². The minimum atomic E-state index is -0.0869. The predicted octanol–water partition coefficient (Wildman–Crippen LogP) is 0.805. The number of amides is 1. The van der Waals surface area contributed by atoms with E-state index in [4.69, 9.17) is 5.21 Å². The third-order valence-corrected chi connectivity index (χ3v) is 1.68. The molecule has 14 heavy (non-hydrogen) atoms. The Hall–Kier alpha value is -1.84. The van der Waals surface area contributed by atoms with E-state index >= 15 is 0 Å². The van der Waals surface area contributed by atoms with E-state index in [0.717, 1.165) is 5.56 Å². The molecule has 0 unspecified atom stereocenters. The van der Waals surface area contributed by atoms with Crippen molar-refractivity contribution in [3.63, 3.8) is 0 Å². The van der Waals surface area contributed by atoms with Crippen LogP contribution in [0.4, 0.5) is 0 Å². The van der Waals surface area contributed by atoms with Crippen LogP contribution in [-0.2, 0) is 11.2 Å². The SMILES string of the molecule is O=C(Cc1ccccc1)NCC=NO. The molecule has 0 aliphatic heterocycles. The fourth-order valence-corrected chi connectivity index (χ4v) is 1.04. The van der Waals surface area contributed by atoms with Gasteiger partial charge in [0.2, 0.25) is 5.91 Å². The van der Waals surface area contributed by atoms with Gasteiger partial charge in [-0.15, -0.1) is 5.16 Å². The van der Waals surface area contributed by atoms with Crippen LogP contribution in [-0.4, -0.2) is 23.9 Å². The minimum Gasteiger partial charge on any atom is -0.411 e. The number of hydrogen-bond acceptors (Lipinski definition) is 3. The van der Waals surface area contributed by atoms with E-state index in [0.29, 0.717) is 6.42 Å². The monoisotopic (exact) mass is 192 g/mol. The van der Waals surface area contributed by atoms with Gasteiger partial charge in [0.1, 0.15) is 0 Å². The summed E-state index contributed by atoms with van der Waals surface area (Å²) in [7, 11) is 0. The Kier molecular flexibility index (Phi) is 4.20. The zero-order valence-corrected chi connectivity index (χ0v) is 7.68. The number of hydrogen-bond donors (Lipinski definition) is 2. The van der Waals surface area contributed by atoms with Crippen LogP contribution >= 0.6 is 0 Å². The molecule has 1 aromatic carbocycles. The van der Waals surface area contributed by atoms with Crippen molar-refractivity contribution in [2.75, 3.05) is 6.54 Å². The Morgan fingerprint density at radius 2 is 2.14 bits per heavy atom. The quantitative estimate of drug-likeness (QED) is 0.421. The summed E-state index contributed by atoms with van der Waals surface area (Å²) in [6.45, 7) is 0.252. The normalized spacial score (nSPS) is 10.3. The Bertz CT molecular complexity index is 309. The minimum absolute atomic E-state index is 0.0869. The third kappa shape index (κ3) is 3.71. The van der Waals surface area contributed by atoms with Crippen molar-refractivity contribution in [2.45, 2.75) is 6.42 Å². The van der Waals surface area contributed by atoms with Gasteiger partial charge >= 0.3 is 0 Å². The molecule has 0 bridgehead atoms. The maximum absolute atomic E-state index is 11.2. The number of benzene rings is 1. The fraction of sp³-hybridized carbons (Fsp3) is 0.200. The van der Waals surface area contributed by atoms with Crippen LogP contribution in [0.25, 0.3) is 0 Å². The van der Waals surface area contributed by atoms with Crippen molar-refractivity contribution in [1.82, 2.24) is 5.32 Å². The molecule has 0 heterocycles. The topological polar surface area (TPSA) is 61.7 Å². The zero-order chi connectivity index (χ0) is 10.2. The van der Waals surface area contributed by atoms with Crippen molar-refractivity contribution in [1.29, 1.82) is 0 Å². The second-order valence-corrected chi connectivity index (χ2v) is 2.76. The van der Waals surface area contributed by atoms with E-state index in [2.05, 4.69) is 10.5 Å². The average Bonchev–Trinajstić information content (AvgIpc) is 2.20. The molecule has 74 valence electrons. The van der Waals surface area contributed by atoms with Crippen molar-refractivity contribution in [2.24, 2.45) is 5.16 Å². The Labute approximate surface area is 82.2 Å². The van der Waals surface area contributed by atoms with Crippen LogP contribution < -0.4 is 5.32 Å². The van der Waals surface area contributed by atoms with Crippen LogP contribution in [0.15, 0.2) is 35.5 Å². The van der Waals surface area contributed by atoms with Gasteiger partial charge in [0.05, 0.1) is 19.2 Å². The lowest BCUT2D eigenvalue weighted by molar-refractivity contribution is -0.120. The maximum atomic E-state index is 11.2. The first-order chi connectivity index (χ1) is 6.83. The van der Waals surface area contributed by atoms with Crippen LogP contribution in [0.5, 0.6) is 0 Å². The summed E-state index contributed by atoms with van der Waals surface area (Å²) >= 11 is 0. The summed E-state index contributed by atoms with van der Waals surface area (Å²) in [5, 5.41) is 13.4. The molecule has 4 nitrogen and oxygen atoms in total. The fourth-order valence-electron chi connectivity index (χ4n) is 1.04. The highest BCUT2D eigenvalue weighted by molar-refractivity contribution is 5.80. The highest BCUT2D eigenvalue weighted by atomic mass is 16.4. The first-order valence-electron chi connectivity index (χ1n) is 4.29. The molecule has 2 N–H and O–H groups in total. The molecular weight excluding hydrogens is 180 g/mol. The number of oxime groups is 1. The molecule has 0 saturated carbocycles. The van der Waals surface area contributed by atoms with Gasteiger partial charge < -0.3 is 10.5 Å². The second-order valence-electron chi connectivity index (χ2n) is 2.76. The van der Waals surface area contributed by atoms with E-state index in [-0.39, 0.29) is 12.5 Å². The highest BCUT2D eigenvalue weighted by Gasteiger charge is 2.00. The van der Waals surface area contributed by atoms with Gasteiger partial charge in [-0.1, -0.05) is 30.3 Å². The lowest BCUT2D eigenvalue weighted by atomic mass is 10.1. The molecule has 0 saturated heterocycles. The molecule has 1 aromatic rings. The highest BCUT2D eigenvalue weighted by Crippen LogP contribution is 1.98. The molecule has 0 spiro atoms. The second kappa shape index (κ2) is 5.75. The van der Waals surface area contributed by atoms with Crippen LogP contribution in [0, 0.1) is 0 Å². The van der Waals surface area contributed by atoms with E-state index < -0.39 is 0 Å². The number of rotatable bonds is 4. The number of nitrogens with one attached hydrogen (secondary N) is 1. The van der Waals surface area contributed by atoms with E-state index in [9.17, 15) is 4.79 Å². The molecule has 0 aliphatic rings. The first-order valence-corrected chi connectivity index (χ1v) is 4.29. The Morgan fingerprint density at radius 3 is 2.79 bits per heavy atom. The first kappa shape index (κ1) is 10.2. The summed E-state index contributed by atoms with van der Waals surface area (Å²) in [4.78, 5) is 11.2. The van der Waals surface area contributed by atoms with Crippen LogP contribution in [0.2, 0.25) is 0 Å². The third-order valence-electron chi connectivity index (χ3n) is 1.68. The van der Waals surface area contributed by atoms with Gasteiger partial charge in [-0.3, -0.25) is 4.79 Å². The van der Waals surface area contributed by atoms with E-state index in [1.54, 1.807) is 0 Å². The molecule has 1 amide bonds. The molecular formula is C10H12N2O2. The van der Waals surface area contributed by atoms with Crippen molar-refractivity contribution in [3.8, 4) is 0 Å². The average molecular weight is 192 g/mol. The largest absolute Gasteiger partial charge is 0.411 e. The lowest BCUT2D eigenvalue weighted by Gasteiger charge is -2.01. The zero-order valence-electron chi connectivity index (χ0n) is 7.68. The van der Waals surface area contributed by atoms with Gasteiger partial charge in [0.15, 0.2) is 0 Å². The summed E-state index contributed by atoms with van der Waals surface area (Å²) in [6.07, 6.45) is 1.57. The Balaban J connectivity index is 2.34. The van der Waals surface area contributed by atoms with Gasteiger partial charge in [-0.05, 0) is 5.56 Å². The predicted molar refractivity (Wildman–Crippen MR) is 53.4 cm³/mol. The molecule has 4 heteroatoms.